The highest BCUT2D eigenvalue weighted by atomic mass is 32.2. The summed E-state index contributed by atoms with van der Waals surface area (Å²) < 4.78 is 35.4. The van der Waals surface area contributed by atoms with Crippen molar-refractivity contribution in [3.63, 3.8) is 0 Å². The van der Waals surface area contributed by atoms with Crippen LogP contribution < -0.4 is 9.46 Å². The molecule has 0 radical (unpaired) electrons. The van der Waals surface area contributed by atoms with Crippen LogP contribution in [0.25, 0.3) is 0 Å². The largest absolute Gasteiger partial charge is 0.482 e. The zero-order chi connectivity index (χ0) is 21.0. The molecule has 8 heteroatoms. The first-order chi connectivity index (χ1) is 13.7. The van der Waals surface area contributed by atoms with Crippen LogP contribution >= 0.6 is 0 Å². The molecule has 0 amide bonds. The molecule has 1 aliphatic rings. The molecule has 0 aromatic heterocycles. The molecule has 1 N–H and O–H groups in total. The van der Waals surface area contributed by atoms with E-state index in [1.165, 1.54) is 42.3 Å². The molecule has 3 rings (SSSR count). The van der Waals surface area contributed by atoms with Gasteiger partial charge in [0.2, 0.25) is 15.8 Å². The summed E-state index contributed by atoms with van der Waals surface area (Å²) in [5.41, 5.74) is 3.21. The number of Topliss-reactive ketones (excluding diaryl/α,β-unsaturated/α-hetero) is 1. The molecule has 0 saturated carbocycles. The third-order valence-electron chi connectivity index (χ3n) is 4.58. The lowest BCUT2D eigenvalue weighted by atomic mass is 10.1. The number of carbonyl (C=O) groups is 2. The van der Waals surface area contributed by atoms with E-state index in [1.807, 2.05) is 18.2 Å². The zero-order valence-electron chi connectivity index (χ0n) is 16.3. The van der Waals surface area contributed by atoms with E-state index in [-0.39, 0.29) is 12.4 Å². The molecule has 2 aromatic carbocycles. The van der Waals surface area contributed by atoms with Crippen molar-refractivity contribution in [3.8, 4) is 5.75 Å². The van der Waals surface area contributed by atoms with Gasteiger partial charge in [0.15, 0.2) is 12.7 Å². The monoisotopic (exact) mass is 417 g/mol. The fourth-order valence-electron chi connectivity index (χ4n) is 3.22. The molecule has 0 bridgehead atoms. The van der Waals surface area contributed by atoms with Crippen molar-refractivity contribution in [2.24, 2.45) is 0 Å². The van der Waals surface area contributed by atoms with Gasteiger partial charge in [0.05, 0.1) is 6.26 Å². The molecule has 29 heavy (non-hydrogen) atoms. The first kappa shape index (κ1) is 20.9. The minimum atomic E-state index is -3.39. The van der Waals surface area contributed by atoms with Gasteiger partial charge in [0.25, 0.3) is 0 Å². The summed E-state index contributed by atoms with van der Waals surface area (Å²) in [4.78, 5) is 24.5. The van der Waals surface area contributed by atoms with Crippen molar-refractivity contribution in [3.05, 3.63) is 59.2 Å². The van der Waals surface area contributed by atoms with Gasteiger partial charge in [-0.2, -0.15) is 0 Å². The number of carbonyl (C=O) groups excluding carboxylic acids is 2. The molecule has 1 atom stereocenters. The summed E-state index contributed by atoms with van der Waals surface area (Å²) in [6, 6.07) is 11.7. The fourth-order valence-corrected chi connectivity index (χ4v) is 3.78. The second kappa shape index (κ2) is 8.65. The first-order valence-electron chi connectivity index (χ1n) is 9.27. The number of anilines is 1. The third-order valence-corrected chi connectivity index (χ3v) is 5.18. The Morgan fingerprint density at radius 3 is 2.45 bits per heavy atom. The van der Waals surface area contributed by atoms with Crippen LogP contribution in [-0.4, -0.2) is 39.1 Å². The molecule has 0 fully saturated rings. The predicted octanol–water partition coefficient (Wildman–Crippen LogP) is 2.74. The summed E-state index contributed by atoms with van der Waals surface area (Å²) in [7, 11) is -3.39. The highest BCUT2D eigenvalue weighted by Gasteiger charge is 2.20. The standard InChI is InChI=1S/C21H23NO6S/c1-14(21(24)16-6-9-18(10-7-16)22-29(2,25)26)28-20(23)13-27-19-11-8-15-4-3-5-17(15)12-19/h6-12,14,22H,3-5,13H2,1-2H3/t14-/m0/s1. The van der Waals surface area contributed by atoms with E-state index in [2.05, 4.69) is 4.72 Å². The van der Waals surface area contributed by atoms with Crippen molar-refractivity contribution < 1.29 is 27.5 Å². The Labute approximate surface area is 170 Å². The Morgan fingerprint density at radius 1 is 1.07 bits per heavy atom. The average Bonchev–Trinajstić information content (AvgIpc) is 3.13. The lowest BCUT2D eigenvalue weighted by molar-refractivity contribution is -0.148. The van der Waals surface area contributed by atoms with E-state index in [0.29, 0.717) is 17.0 Å². The summed E-state index contributed by atoms with van der Waals surface area (Å²) >= 11 is 0. The topological polar surface area (TPSA) is 98.8 Å². The Balaban J connectivity index is 1.51. The summed E-state index contributed by atoms with van der Waals surface area (Å²) in [6.45, 7) is 1.20. The number of esters is 1. The molecule has 7 nitrogen and oxygen atoms in total. The second-order valence-corrected chi connectivity index (χ2v) is 8.77. The molecule has 154 valence electrons. The number of nitrogens with one attached hydrogen (secondary N) is 1. The Morgan fingerprint density at radius 2 is 1.76 bits per heavy atom. The second-order valence-electron chi connectivity index (χ2n) is 7.02. The van der Waals surface area contributed by atoms with E-state index in [4.69, 9.17) is 9.47 Å². The van der Waals surface area contributed by atoms with Crippen LogP contribution in [0.3, 0.4) is 0 Å². The normalized spacial score (nSPS) is 14.0. The molecule has 0 aliphatic heterocycles. The minimum absolute atomic E-state index is 0.284. The number of aryl methyl sites for hydroxylation is 2. The molecule has 0 saturated heterocycles. The molecule has 0 spiro atoms. The summed E-state index contributed by atoms with van der Waals surface area (Å²) in [5.74, 6) is -0.418. The quantitative estimate of drug-likeness (QED) is 0.524. The number of fused-ring (bicyclic) bond motifs is 1. The molecule has 1 aliphatic carbocycles. The van der Waals surface area contributed by atoms with Gasteiger partial charge in [-0.15, -0.1) is 0 Å². The van der Waals surface area contributed by atoms with Crippen LogP contribution in [0.2, 0.25) is 0 Å². The third kappa shape index (κ3) is 5.80. The van der Waals surface area contributed by atoms with Gasteiger partial charge < -0.3 is 9.47 Å². The van der Waals surface area contributed by atoms with Crippen molar-refractivity contribution in [1.29, 1.82) is 0 Å². The number of rotatable bonds is 8. The van der Waals surface area contributed by atoms with Crippen LogP contribution in [0, 0.1) is 0 Å². The van der Waals surface area contributed by atoms with Crippen molar-refractivity contribution in [1.82, 2.24) is 0 Å². The molecule has 2 aromatic rings. The van der Waals surface area contributed by atoms with E-state index in [9.17, 15) is 18.0 Å². The van der Waals surface area contributed by atoms with Gasteiger partial charge >= 0.3 is 5.97 Å². The van der Waals surface area contributed by atoms with Gasteiger partial charge in [-0.25, -0.2) is 13.2 Å². The van der Waals surface area contributed by atoms with Crippen LogP contribution in [0.4, 0.5) is 5.69 Å². The highest BCUT2D eigenvalue weighted by molar-refractivity contribution is 7.92. The van der Waals surface area contributed by atoms with Crippen LogP contribution in [-0.2, 0) is 32.4 Å². The van der Waals surface area contributed by atoms with E-state index < -0.39 is 22.1 Å². The van der Waals surface area contributed by atoms with Crippen molar-refractivity contribution in [2.75, 3.05) is 17.6 Å². The predicted molar refractivity (Wildman–Crippen MR) is 109 cm³/mol. The molecular formula is C21H23NO6S. The maximum absolute atomic E-state index is 12.4. The van der Waals surface area contributed by atoms with Gasteiger partial charge in [0, 0.05) is 11.3 Å². The summed E-state index contributed by atoms with van der Waals surface area (Å²) in [6.07, 6.45) is 3.27. The Bertz CT molecular complexity index is 1010. The number of hydrogen-bond donors (Lipinski definition) is 1. The van der Waals surface area contributed by atoms with Crippen LogP contribution in [0.1, 0.15) is 34.8 Å². The minimum Gasteiger partial charge on any atom is -0.482 e. The average molecular weight is 417 g/mol. The maximum atomic E-state index is 12.4. The fraction of sp³-hybridized carbons (Fsp3) is 0.333. The van der Waals surface area contributed by atoms with E-state index >= 15 is 0 Å². The zero-order valence-corrected chi connectivity index (χ0v) is 17.1. The maximum Gasteiger partial charge on any atom is 0.344 e. The number of ether oxygens (including phenoxy) is 2. The van der Waals surface area contributed by atoms with Crippen LogP contribution in [0.15, 0.2) is 42.5 Å². The van der Waals surface area contributed by atoms with Crippen LogP contribution in [0.5, 0.6) is 5.75 Å². The lowest BCUT2D eigenvalue weighted by Gasteiger charge is -2.13. The Hall–Kier alpha value is -2.87. The number of ketones is 1. The number of hydrogen-bond acceptors (Lipinski definition) is 6. The number of benzene rings is 2. The smallest absolute Gasteiger partial charge is 0.344 e. The van der Waals surface area contributed by atoms with E-state index in [1.54, 1.807) is 0 Å². The SMILES string of the molecule is C[C@H](OC(=O)COc1ccc2c(c1)CCC2)C(=O)c1ccc(NS(C)(=O)=O)cc1. The molecule has 0 unspecified atom stereocenters. The Kier molecular flexibility index (Phi) is 6.22. The lowest BCUT2D eigenvalue weighted by Crippen LogP contribution is -2.27. The first-order valence-corrected chi connectivity index (χ1v) is 11.2. The highest BCUT2D eigenvalue weighted by Crippen LogP contribution is 2.26. The van der Waals surface area contributed by atoms with E-state index in [0.717, 1.165) is 25.5 Å². The molecule has 0 heterocycles. The van der Waals surface area contributed by atoms with Gasteiger partial charge in [0.1, 0.15) is 5.75 Å². The van der Waals surface area contributed by atoms with Gasteiger partial charge in [-0.1, -0.05) is 6.07 Å². The van der Waals surface area contributed by atoms with Crippen molar-refractivity contribution in [2.45, 2.75) is 32.3 Å². The molecular weight excluding hydrogens is 394 g/mol. The van der Waals surface area contributed by atoms with Crippen molar-refractivity contribution >= 4 is 27.5 Å². The van der Waals surface area contributed by atoms with Gasteiger partial charge in [-0.05, 0) is 73.7 Å². The number of sulfonamides is 1. The summed E-state index contributed by atoms with van der Waals surface area (Å²) in [5, 5.41) is 0. The van der Waals surface area contributed by atoms with Gasteiger partial charge in [-0.3, -0.25) is 9.52 Å².